The number of aliphatic hydroxyl groups is 1. The molecule has 174 valence electrons. The van der Waals surface area contributed by atoms with Crippen molar-refractivity contribution in [1.29, 1.82) is 0 Å². The van der Waals surface area contributed by atoms with Gasteiger partial charge in [-0.25, -0.2) is 19.9 Å². The van der Waals surface area contributed by atoms with Crippen molar-refractivity contribution in [1.82, 2.24) is 24.8 Å². The number of aromatic nitrogens is 4. The van der Waals surface area contributed by atoms with Gasteiger partial charge in [-0.3, -0.25) is 4.79 Å². The lowest BCUT2D eigenvalue weighted by atomic mass is 10.2. The Balaban J connectivity index is 0.000000291. The van der Waals surface area contributed by atoms with E-state index < -0.39 is 6.10 Å². The standard InChI is InChI=1S/C19H15N5OS.C5H9NO2/c1-25-17-15(8-5-10-20-17)24-19-21-11-9-14(23-19)16-12-26-18(22-16)13-6-3-2-4-7-13;1-6-3-2-4(7)5(6)8/h2-12H,1H3,(H,21,23,24);4,7H,2-3H2,1H3. The maximum Gasteiger partial charge on any atom is 0.251 e. The highest BCUT2D eigenvalue weighted by Crippen LogP contribution is 2.29. The monoisotopic (exact) mass is 476 g/mol. The molecule has 1 aliphatic heterocycles. The van der Waals surface area contributed by atoms with Crippen LogP contribution in [0.2, 0.25) is 0 Å². The molecule has 0 saturated carbocycles. The van der Waals surface area contributed by atoms with Crippen LogP contribution in [0.3, 0.4) is 0 Å². The average molecular weight is 477 g/mol. The van der Waals surface area contributed by atoms with E-state index in [2.05, 4.69) is 20.3 Å². The van der Waals surface area contributed by atoms with E-state index in [1.54, 1.807) is 37.9 Å². The molecule has 2 N–H and O–H groups in total. The second kappa shape index (κ2) is 10.8. The minimum Gasteiger partial charge on any atom is -0.480 e. The van der Waals surface area contributed by atoms with E-state index in [4.69, 9.17) is 14.8 Å². The lowest BCUT2D eigenvalue weighted by Crippen LogP contribution is -2.24. The lowest BCUT2D eigenvalue weighted by Gasteiger charge is -2.08. The first-order chi connectivity index (χ1) is 16.5. The van der Waals surface area contributed by atoms with Crippen molar-refractivity contribution in [3.63, 3.8) is 0 Å². The third kappa shape index (κ3) is 5.53. The number of nitrogens with zero attached hydrogens (tertiary/aromatic N) is 5. The number of anilines is 2. The maximum atomic E-state index is 10.6. The van der Waals surface area contributed by atoms with Crippen LogP contribution in [0.15, 0.2) is 66.3 Å². The Hall–Kier alpha value is -3.89. The number of methoxy groups -OCH3 is 1. The van der Waals surface area contributed by atoms with E-state index in [0.717, 1.165) is 22.0 Å². The number of thiazole rings is 1. The fourth-order valence-corrected chi connectivity index (χ4v) is 4.06. The molecule has 4 aromatic rings. The molecule has 0 spiro atoms. The molecule has 5 rings (SSSR count). The van der Waals surface area contributed by atoms with Gasteiger partial charge in [0.2, 0.25) is 11.8 Å². The second-order valence-electron chi connectivity index (χ2n) is 7.42. The summed E-state index contributed by atoms with van der Waals surface area (Å²) in [4.78, 5) is 29.8. The fraction of sp³-hybridized carbons (Fsp3) is 0.208. The summed E-state index contributed by atoms with van der Waals surface area (Å²) in [6, 6.07) is 15.6. The molecule has 1 aromatic carbocycles. The number of likely N-dealkylation sites (N-methyl/N-ethyl adjacent to an activating group) is 1. The van der Waals surface area contributed by atoms with Crippen molar-refractivity contribution in [2.45, 2.75) is 12.5 Å². The van der Waals surface area contributed by atoms with E-state index in [-0.39, 0.29) is 5.91 Å². The van der Waals surface area contributed by atoms with E-state index in [9.17, 15) is 4.79 Å². The Labute approximate surface area is 201 Å². The summed E-state index contributed by atoms with van der Waals surface area (Å²) in [6.45, 7) is 0.694. The van der Waals surface area contributed by atoms with Gasteiger partial charge in [-0.05, 0) is 24.6 Å². The van der Waals surface area contributed by atoms with Crippen LogP contribution in [-0.4, -0.2) is 62.7 Å². The summed E-state index contributed by atoms with van der Waals surface area (Å²) in [7, 11) is 3.27. The van der Waals surface area contributed by atoms with Gasteiger partial charge in [0.15, 0.2) is 0 Å². The lowest BCUT2D eigenvalue weighted by molar-refractivity contribution is -0.133. The van der Waals surface area contributed by atoms with Crippen molar-refractivity contribution in [3.8, 4) is 27.8 Å². The molecule has 10 heteroatoms. The van der Waals surface area contributed by atoms with Gasteiger partial charge in [0, 0.05) is 36.9 Å². The SMILES string of the molecule is CN1CCC(O)C1=O.COc1ncccc1Nc1nccc(-c2csc(-c3ccccc3)n2)n1. The minimum atomic E-state index is -0.722. The number of ether oxygens (including phenoxy) is 1. The Morgan fingerprint density at radius 2 is 1.88 bits per heavy atom. The zero-order chi connectivity index (χ0) is 23.9. The molecule has 34 heavy (non-hydrogen) atoms. The largest absolute Gasteiger partial charge is 0.480 e. The van der Waals surface area contributed by atoms with Crippen LogP contribution in [0.5, 0.6) is 5.88 Å². The number of carbonyl (C=O) groups excluding carboxylic acids is 1. The van der Waals surface area contributed by atoms with Crippen LogP contribution in [0.4, 0.5) is 11.6 Å². The van der Waals surface area contributed by atoms with Crippen molar-refractivity contribution in [2.75, 3.05) is 26.0 Å². The summed E-state index contributed by atoms with van der Waals surface area (Å²) >= 11 is 1.59. The molecule has 1 saturated heterocycles. The number of aliphatic hydroxyl groups excluding tert-OH is 1. The Bertz CT molecular complexity index is 1240. The maximum absolute atomic E-state index is 10.6. The molecule has 0 aliphatic carbocycles. The van der Waals surface area contributed by atoms with Crippen molar-refractivity contribution in [3.05, 3.63) is 66.3 Å². The highest BCUT2D eigenvalue weighted by atomic mass is 32.1. The second-order valence-corrected chi connectivity index (χ2v) is 8.28. The first-order valence-electron chi connectivity index (χ1n) is 10.6. The molecule has 1 fully saturated rings. The normalized spacial score (nSPS) is 15.0. The van der Waals surface area contributed by atoms with Gasteiger partial charge in [-0.2, -0.15) is 0 Å². The fourth-order valence-electron chi connectivity index (χ4n) is 3.24. The van der Waals surface area contributed by atoms with Crippen LogP contribution < -0.4 is 10.1 Å². The average Bonchev–Trinajstić information content (AvgIpc) is 3.49. The molecule has 9 nitrogen and oxygen atoms in total. The highest BCUT2D eigenvalue weighted by molar-refractivity contribution is 7.13. The highest BCUT2D eigenvalue weighted by Gasteiger charge is 2.26. The minimum absolute atomic E-state index is 0.148. The summed E-state index contributed by atoms with van der Waals surface area (Å²) in [5, 5.41) is 14.9. The molecular formula is C24H24N6O3S. The zero-order valence-electron chi connectivity index (χ0n) is 18.8. The van der Waals surface area contributed by atoms with Crippen LogP contribution in [0.1, 0.15) is 6.42 Å². The van der Waals surface area contributed by atoms with Gasteiger partial charge in [-0.1, -0.05) is 30.3 Å². The van der Waals surface area contributed by atoms with Crippen LogP contribution >= 0.6 is 11.3 Å². The number of hydrogen-bond donors (Lipinski definition) is 2. The van der Waals surface area contributed by atoms with Crippen molar-refractivity contribution in [2.24, 2.45) is 0 Å². The van der Waals surface area contributed by atoms with Gasteiger partial charge in [-0.15, -0.1) is 11.3 Å². The predicted molar refractivity (Wildman–Crippen MR) is 131 cm³/mol. The number of pyridine rings is 1. The molecule has 4 heterocycles. The van der Waals surface area contributed by atoms with E-state index >= 15 is 0 Å². The van der Waals surface area contributed by atoms with Gasteiger partial charge in [0.25, 0.3) is 5.91 Å². The molecule has 1 amide bonds. The third-order valence-electron chi connectivity index (χ3n) is 5.05. The number of likely N-dealkylation sites (tertiary alicyclic amines) is 1. The zero-order valence-corrected chi connectivity index (χ0v) is 19.6. The molecule has 0 radical (unpaired) electrons. The van der Waals surface area contributed by atoms with E-state index in [1.165, 1.54) is 4.90 Å². The number of rotatable bonds is 5. The smallest absolute Gasteiger partial charge is 0.251 e. The third-order valence-corrected chi connectivity index (χ3v) is 5.94. The Kier molecular flexibility index (Phi) is 7.41. The van der Waals surface area contributed by atoms with Crippen molar-refractivity contribution < 1.29 is 14.6 Å². The molecule has 1 atom stereocenters. The van der Waals surface area contributed by atoms with Gasteiger partial charge in [0.1, 0.15) is 22.5 Å². The molecule has 3 aromatic heterocycles. The molecular weight excluding hydrogens is 452 g/mol. The van der Waals surface area contributed by atoms with Crippen LogP contribution in [-0.2, 0) is 4.79 Å². The summed E-state index contributed by atoms with van der Waals surface area (Å²) in [5.41, 5.74) is 3.37. The van der Waals surface area contributed by atoms with E-state index in [0.29, 0.717) is 30.5 Å². The number of benzene rings is 1. The predicted octanol–water partition coefficient (Wildman–Crippen LogP) is 3.62. The topological polar surface area (TPSA) is 113 Å². The summed E-state index contributed by atoms with van der Waals surface area (Å²) < 4.78 is 5.24. The van der Waals surface area contributed by atoms with Gasteiger partial charge in [0.05, 0.1) is 12.8 Å². The number of nitrogens with one attached hydrogen (secondary N) is 1. The molecule has 0 bridgehead atoms. The first kappa shape index (κ1) is 23.3. The first-order valence-corrected chi connectivity index (χ1v) is 11.5. The van der Waals surface area contributed by atoms with Crippen LogP contribution in [0, 0.1) is 0 Å². The van der Waals surface area contributed by atoms with Gasteiger partial charge >= 0.3 is 0 Å². The Morgan fingerprint density at radius 1 is 1.06 bits per heavy atom. The summed E-state index contributed by atoms with van der Waals surface area (Å²) in [5.74, 6) is 0.801. The molecule has 1 aliphatic rings. The number of carbonyl (C=O) groups is 1. The van der Waals surface area contributed by atoms with Gasteiger partial charge < -0.3 is 20.1 Å². The van der Waals surface area contributed by atoms with Crippen molar-refractivity contribution >= 4 is 28.9 Å². The molecule has 1 unspecified atom stereocenters. The summed E-state index contributed by atoms with van der Waals surface area (Å²) in [6.07, 6.45) is 3.24. The number of hydrogen-bond acceptors (Lipinski definition) is 9. The van der Waals surface area contributed by atoms with E-state index in [1.807, 2.05) is 53.9 Å². The Morgan fingerprint density at radius 3 is 2.56 bits per heavy atom. The van der Waals surface area contributed by atoms with Crippen LogP contribution in [0.25, 0.3) is 22.0 Å². The quantitative estimate of drug-likeness (QED) is 0.449. The number of amides is 1.